The van der Waals surface area contributed by atoms with Gasteiger partial charge in [0, 0.05) is 16.9 Å². The second-order valence-electron chi connectivity index (χ2n) is 4.07. The SMILES string of the molecule is NC(=O)c1ccc(Nc2ccc(C(=O)O)c(Cl)c2)cc1. The molecule has 2 rings (SSSR count). The molecule has 4 N–H and O–H groups in total. The van der Waals surface area contributed by atoms with Gasteiger partial charge in [0.15, 0.2) is 0 Å². The molecule has 20 heavy (non-hydrogen) atoms. The summed E-state index contributed by atoms with van der Waals surface area (Å²) in [6.07, 6.45) is 0. The first kappa shape index (κ1) is 13.9. The van der Waals surface area contributed by atoms with Crippen LogP contribution in [-0.4, -0.2) is 17.0 Å². The molecule has 2 aromatic rings. The van der Waals surface area contributed by atoms with Gasteiger partial charge in [-0.15, -0.1) is 0 Å². The molecule has 0 unspecified atom stereocenters. The van der Waals surface area contributed by atoms with E-state index < -0.39 is 11.9 Å². The monoisotopic (exact) mass is 290 g/mol. The third-order valence-corrected chi connectivity index (χ3v) is 2.97. The first-order chi connectivity index (χ1) is 9.47. The van der Waals surface area contributed by atoms with Crippen LogP contribution in [0.1, 0.15) is 20.7 Å². The molecule has 102 valence electrons. The second-order valence-corrected chi connectivity index (χ2v) is 4.47. The molecular formula is C14H11ClN2O3. The van der Waals surface area contributed by atoms with Crippen molar-refractivity contribution in [3.05, 3.63) is 58.6 Å². The number of halogens is 1. The summed E-state index contributed by atoms with van der Waals surface area (Å²) < 4.78 is 0. The predicted octanol–water partition coefficient (Wildman–Crippen LogP) is 2.88. The number of carbonyl (C=O) groups excluding carboxylic acids is 1. The number of nitrogens with two attached hydrogens (primary N) is 1. The Kier molecular flexibility index (Phi) is 3.91. The third-order valence-electron chi connectivity index (χ3n) is 2.66. The van der Waals surface area contributed by atoms with Crippen molar-refractivity contribution in [2.75, 3.05) is 5.32 Å². The molecule has 2 aromatic carbocycles. The van der Waals surface area contributed by atoms with Gasteiger partial charge < -0.3 is 16.2 Å². The molecule has 0 heterocycles. The van der Waals surface area contributed by atoms with Crippen LogP contribution in [-0.2, 0) is 0 Å². The molecule has 1 amide bonds. The van der Waals surface area contributed by atoms with E-state index in [1.165, 1.54) is 12.1 Å². The molecule has 0 aliphatic carbocycles. The van der Waals surface area contributed by atoms with E-state index in [-0.39, 0.29) is 10.6 Å². The molecule has 0 spiro atoms. The summed E-state index contributed by atoms with van der Waals surface area (Å²) in [5.74, 6) is -1.57. The number of nitrogens with one attached hydrogen (secondary N) is 1. The Morgan fingerprint density at radius 3 is 2.15 bits per heavy atom. The van der Waals surface area contributed by atoms with Gasteiger partial charge >= 0.3 is 5.97 Å². The number of carboxylic acids is 1. The van der Waals surface area contributed by atoms with Gasteiger partial charge in [0.05, 0.1) is 10.6 Å². The van der Waals surface area contributed by atoms with Crippen molar-refractivity contribution in [1.82, 2.24) is 0 Å². The van der Waals surface area contributed by atoms with Crippen molar-refractivity contribution in [1.29, 1.82) is 0 Å². The Labute approximate surface area is 120 Å². The van der Waals surface area contributed by atoms with Gasteiger partial charge in [-0.05, 0) is 42.5 Å². The Morgan fingerprint density at radius 1 is 1.05 bits per heavy atom. The normalized spacial score (nSPS) is 10.1. The number of hydrogen-bond donors (Lipinski definition) is 3. The van der Waals surface area contributed by atoms with Crippen molar-refractivity contribution in [3.63, 3.8) is 0 Å². The highest BCUT2D eigenvalue weighted by Gasteiger charge is 2.09. The fourth-order valence-corrected chi connectivity index (χ4v) is 1.91. The number of amides is 1. The number of aromatic carboxylic acids is 1. The topological polar surface area (TPSA) is 92.4 Å². The van der Waals surface area contributed by atoms with Crippen molar-refractivity contribution < 1.29 is 14.7 Å². The van der Waals surface area contributed by atoms with E-state index in [2.05, 4.69) is 5.32 Å². The van der Waals surface area contributed by atoms with Gasteiger partial charge in [-0.1, -0.05) is 11.6 Å². The number of primary amides is 1. The van der Waals surface area contributed by atoms with Crippen LogP contribution in [0, 0.1) is 0 Å². The standard InChI is InChI=1S/C14H11ClN2O3/c15-12-7-10(5-6-11(12)14(19)20)17-9-3-1-8(2-4-9)13(16)18/h1-7,17H,(H2,16,18)(H,19,20). The molecule has 0 saturated heterocycles. The Bertz CT molecular complexity index is 669. The molecule has 6 heteroatoms. The first-order valence-electron chi connectivity index (χ1n) is 5.67. The molecule has 0 aliphatic rings. The first-order valence-corrected chi connectivity index (χ1v) is 6.05. The highest BCUT2D eigenvalue weighted by molar-refractivity contribution is 6.33. The van der Waals surface area contributed by atoms with Crippen molar-refractivity contribution >= 4 is 34.9 Å². The minimum Gasteiger partial charge on any atom is -0.478 e. The van der Waals surface area contributed by atoms with E-state index in [4.69, 9.17) is 22.4 Å². The minimum atomic E-state index is -1.08. The summed E-state index contributed by atoms with van der Waals surface area (Å²) in [6, 6.07) is 11.1. The maximum Gasteiger partial charge on any atom is 0.337 e. The fraction of sp³-hybridized carbons (Fsp3) is 0. The molecule has 0 saturated carbocycles. The average molecular weight is 291 g/mol. The van der Waals surface area contributed by atoms with E-state index in [1.807, 2.05) is 0 Å². The molecule has 0 radical (unpaired) electrons. The van der Waals surface area contributed by atoms with Crippen LogP contribution in [0.5, 0.6) is 0 Å². The Hall–Kier alpha value is -2.53. The van der Waals surface area contributed by atoms with E-state index >= 15 is 0 Å². The quantitative estimate of drug-likeness (QED) is 0.807. The summed E-state index contributed by atoms with van der Waals surface area (Å²) in [6.45, 7) is 0. The van der Waals surface area contributed by atoms with Gasteiger partial charge in [0.1, 0.15) is 0 Å². The lowest BCUT2D eigenvalue weighted by Gasteiger charge is -2.08. The smallest absolute Gasteiger partial charge is 0.337 e. The Balaban J connectivity index is 2.19. The molecule has 0 aromatic heterocycles. The van der Waals surface area contributed by atoms with Crippen LogP contribution in [0.3, 0.4) is 0 Å². The van der Waals surface area contributed by atoms with Crippen molar-refractivity contribution in [2.24, 2.45) is 5.73 Å². The van der Waals surface area contributed by atoms with Gasteiger partial charge in [0.2, 0.25) is 5.91 Å². The number of anilines is 2. The molecule has 5 nitrogen and oxygen atoms in total. The lowest BCUT2D eigenvalue weighted by molar-refractivity contribution is 0.0697. The lowest BCUT2D eigenvalue weighted by Crippen LogP contribution is -2.10. The zero-order chi connectivity index (χ0) is 14.7. The van der Waals surface area contributed by atoms with Crippen LogP contribution in [0.25, 0.3) is 0 Å². The maximum absolute atomic E-state index is 10.9. The maximum atomic E-state index is 10.9. The number of rotatable bonds is 4. The van der Waals surface area contributed by atoms with E-state index in [1.54, 1.807) is 30.3 Å². The van der Waals surface area contributed by atoms with Crippen LogP contribution >= 0.6 is 11.6 Å². The molecule has 0 atom stereocenters. The highest BCUT2D eigenvalue weighted by atomic mass is 35.5. The molecule has 0 fully saturated rings. The van der Waals surface area contributed by atoms with Gasteiger partial charge in [-0.25, -0.2) is 4.79 Å². The second kappa shape index (κ2) is 5.63. The molecule has 0 aliphatic heterocycles. The zero-order valence-corrected chi connectivity index (χ0v) is 11.0. The van der Waals surface area contributed by atoms with Crippen molar-refractivity contribution in [3.8, 4) is 0 Å². The van der Waals surface area contributed by atoms with Gasteiger partial charge in [-0.3, -0.25) is 4.79 Å². The third kappa shape index (κ3) is 3.07. The van der Waals surface area contributed by atoms with Crippen LogP contribution in [0.4, 0.5) is 11.4 Å². The Morgan fingerprint density at radius 2 is 1.65 bits per heavy atom. The number of hydrogen-bond acceptors (Lipinski definition) is 3. The van der Waals surface area contributed by atoms with Crippen LogP contribution in [0.15, 0.2) is 42.5 Å². The zero-order valence-electron chi connectivity index (χ0n) is 10.3. The number of carboxylic acid groups (broad SMARTS) is 1. The number of carbonyl (C=O) groups is 2. The summed E-state index contributed by atoms with van der Waals surface area (Å²) in [5, 5.41) is 12.1. The van der Waals surface area contributed by atoms with Gasteiger partial charge in [-0.2, -0.15) is 0 Å². The molecule has 0 bridgehead atoms. The largest absolute Gasteiger partial charge is 0.478 e. The van der Waals surface area contributed by atoms with Crippen LogP contribution < -0.4 is 11.1 Å². The summed E-state index contributed by atoms with van der Waals surface area (Å²) in [4.78, 5) is 21.8. The molecular weight excluding hydrogens is 280 g/mol. The van der Waals surface area contributed by atoms with E-state index in [0.29, 0.717) is 11.3 Å². The van der Waals surface area contributed by atoms with Gasteiger partial charge in [0.25, 0.3) is 0 Å². The van der Waals surface area contributed by atoms with E-state index in [0.717, 1.165) is 5.69 Å². The minimum absolute atomic E-state index is 0.0429. The highest BCUT2D eigenvalue weighted by Crippen LogP contribution is 2.24. The summed E-state index contributed by atoms with van der Waals surface area (Å²) in [7, 11) is 0. The number of benzene rings is 2. The average Bonchev–Trinajstić information content (AvgIpc) is 2.39. The summed E-state index contributed by atoms with van der Waals surface area (Å²) >= 11 is 5.88. The lowest BCUT2D eigenvalue weighted by atomic mass is 10.1. The fourth-order valence-electron chi connectivity index (χ4n) is 1.65. The van der Waals surface area contributed by atoms with Crippen molar-refractivity contribution in [2.45, 2.75) is 0 Å². The summed E-state index contributed by atoms with van der Waals surface area (Å²) in [5.41, 5.74) is 6.98. The predicted molar refractivity (Wildman–Crippen MR) is 76.7 cm³/mol. The van der Waals surface area contributed by atoms with Crippen LogP contribution in [0.2, 0.25) is 5.02 Å². The van der Waals surface area contributed by atoms with E-state index in [9.17, 15) is 9.59 Å².